The van der Waals surface area contributed by atoms with Gasteiger partial charge in [0.2, 0.25) is 10.0 Å². The first-order valence-electron chi connectivity index (χ1n) is 8.35. The van der Waals surface area contributed by atoms with Crippen molar-refractivity contribution in [2.45, 2.75) is 18.4 Å². The molecule has 0 spiro atoms. The number of H-pyrrole nitrogens is 1. The van der Waals surface area contributed by atoms with Crippen LogP contribution < -0.4 is 19.8 Å². The van der Waals surface area contributed by atoms with Crippen molar-refractivity contribution in [1.29, 1.82) is 0 Å². The zero-order valence-electron chi connectivity index (χ0n) is 15.0. The Morgan fingerprint density at radius 3 is 2.41 bits per heavy atom. The molecule has 7 nitrogen and oxygen atoms in total. The molecule has 0 aliphatic heterocycles. The van der Waals surface area contributed by atoms with Crippen molar-refractivity contribution in [3.05, 3.63) is 64.4 Å². The standard InChI is InChI=1S/C19H20N2O5S/c1-3-26-15-6-8-17(9-7-15)27(23,24)20-12-14-10-13-4-5-16(25-2)11-18(13)21-19(14)22/h4-11,20H,3,12H2,1-2H3,(H,21,22). The van der Waals surface area contributed by atoms with E-state index in [2.05, 4.69) is 9.71 Å². The van der Waals surface area contributed by atoms with Crippen LogP contribution >= 0.6 is 0 Å². The summed E-state index contributed by atoms with van der Waals surface area (Å²) in [6, 6.07) is 13.1. The second-order valence-electron chi connectivity index (χ2n) is 5.81. The molecule has 0 saturated heterocycles. The Hall–Kier alpha value is -2.84. The largest absolute Gasteiger partial charge is 0.497 e. The highest BCUT2D eigenvalue weighted by atomic mass is 32.2. The Kier molecular flexibility index (Phi) is 5.48. The minimum atomic E-state index is -3.75. The molecule has 0 radical (unpaired) electrons. The van der Waals surface area contributed by atoms with E-state index in [9.17, 15) is 13.2 Å². The molecule has 142 valence electrons. The third-order valence-electron chi connectivity index (χ3n) is 4.03. The number of aromatic nitrogens is 1. The summed E-state index contributed by atoms with van der Waals surface area (Å²) in [5, 5.41) is 0.783. The molecular formula is C19H20N2O5S. The topological polar surface area (TPSA) is 97.5 Å². The van der Waals surface area contributed by atoms with Crippen LogP contribution in [-0.2, 0) is 16.6 Å². The summed E-state index contributed by atoms with van der Waals surface area (Å²) in [6.07, 6.45) is 0. The van der Waals surface area contributed by atoms with Crippen molar-refractivity contribution in [1.82, 2.24) is 9.71 Å². The van der Waals surface area contributed by atoms with E-state index in [-0.39, 0.29) is 17.0 Å². The predicted molar refractivity (Wildman–Crippen MR) is 103 cm³/mol. The summed E-state index contributed by atoms with van der Waals surface area (Å²) >= 11 is 0. The second-order valence-corrected chi connectivity index (χ2v) is 7.57. The van der Waals surface area contributed by atoms with Gasteiger partial charge in [0.1, 0.15) is 11.5 Å². The Balaban J connectivity index is 1.80. The van der Waals surface area contributed by atoms with Gasteiger partial charge in [-0.3, -0.25) is 4.79 Å². The van der Waals surface area contributed by atoms with Crippen LogP contribution in [0.3, 0.4) is 0 Å². The number of benzene rings is 2. The Labute approximate surface area is 157 Å². The summed E-state index contributed by atoms with van der Waals surface area (Å²) < 4.78 is 37.8. The van der Waals surface area contributed by atoms with Gasteiger partial charge in [0, 0.05) is 18.2 Å². The minimum Gasteiger partial charge on any atom is -0.497 e. The van der Waals surface area contributed by atoms with Gasteiger partial charge in [0.15, 0.2) is 0 Å². The van der Waals surface area contributed by atoms with Gasteiger partial charge in [0.25, 0.3) is 5.56 Å². The Morgan fingerprint density at radius 1 is 1.04 bits per heavy atom. The molecule has 0 saturated carbocycles. The number of nitrogens with one attached hydrogen (secondary N) is 2. The van der Waals surface area contributed by atoms with Crippen molar-refractivity contribution in [2.75, 3.05) is 13.7 Å². The van der Waals surface area contributed by atoms with Gasteiger partial charge >= 0.3 is 0 Å². The molecule has 0 bridgehead atoms. The summed E-state index contributed by atoms with van der Waals surface area (Å²) in [6.45, 7) is 2.23. The number of methoxy groups -OCH3 is 1. The van der Waals surface area contributed by atoms with Crippen molar-refractivity contribution < 1.29 is 17.9 Å². The van der Waals surface area contributed by atoms with E-state index >= 15 is 0 Å². The van der Waals surface area contributed by atoms with E-state index < -0.39 is 10.0 Å². The number of hydrogen-bond acceptors (Lipinski definition) is 5. The molecule has 0 amide bonds. The second kappa shape index (κ2) is 7.81. The van der Waals surface area contributed by atoms with Crippen LogP contribution in [0.25, 0.3) is 10.9 Å². The maximum atomic E-state index is 12.5. The molecule has 0 aliphatic carbocycles. The average Bonchev–Trinajstić information content (AvgIpc) is 2.66. The van der Waals surface area contributed by atoms with E-state index in [0.717, 1.165) is 5.39 Å². The molecule has 2 aromatic carbocycles. The first-order chi connectivity index (χ1) is 12.9. The normalized spacial score (nSPS) is 11.5. The van der Waals surface area contributed by atoms with Crippen LogP contribution in [0.1, 0.15) is 12.5 Å². The molecule has 1 heterocycles. The van der Waals surface area contributed by atoms with Crippen molar-refractivity contribution in [3.63, 3.8) is 0 Å². The number of sulfonamides is 1. The molecule has 0 unspecified atom stereocenters. The maximum absolute atomic E-state index is 12.5. The maximum Gasteiger partial charge on any atom is 0.252 e. The minimum absolute atomic E-state index is 0.105. The van der Waals surface area contributed by atoms with Crippen LogP contribution in [0.2, 0.25) is 0 Å². The van der Waals surface area contributed by atoms with Gasteiger partial charge in [-0.1, -0.05) is 0 Å². The highest BCUT2D eigenvalue weighted by molar-refractivity contribution is 7.89. The lowest BCUT2D eigenvalue weighted by Crippen LogP contribution is -2.26. The summed E-state index contributed by atoms with van der Waals surface area (Å²) in [5.41, 5.74) is 0.588. The number of aromatic amines is 1. The molecule has 0 atom stereocenters. The fourth-order valence-corrected chi connectivity index (χ4v) is 3.63. The van der Waals surface area contributed by atoms with Gasteiger partial charge in [-0.2, -0.15) is 0 Å². The molecule has 8 heteroatoms. The number of ether oxygens (including phenoxy) is 2. The smallest absolute Gasteiger partial charge is 0.252 e. The van der Waals surface area contributed by atoms with Gasteiger partial charge in [0.05, 0.1) is 24.1 Å². The fraction of sp³-hybridized carbons (Fsp3) is 0.211. The van der Waals surface area contributed by atoms with Crippen LogP contribution in [0.15, 0.2) is 58.2 Å². The van der Waals surface area contributed by atoms with Crippen molar-refractivity contribution >= 4 is 20.9 Å². The summed E-state index contributed by atoms with van der Waals surface area (Å²) in [4.78, 5) is 15.1. The van der Waals surface area contributed by atoms with E-state index in [0.29, 0.717) is 29.2 Å². The Morgan fingerprint density at radius 2 is 1.74 bits per heavy atom. The summed E-state index contributed by atoms with van der Waals surface area (Å²) in [7, 11) is -2.20. The number of rotatable bonds is 7. The zero-order valence-corrected chi connectivity index (χ0v) is 15.8. The number of fused-ring (bicyclic) bond motifs is 1. The molecule has 3 rings (SSSR count). The zero-order chi connectivity index (χ0) is 19.4. The van der Waals surface area contributed by atoms with Gasteiger partial charge < -0.3 is 14.5 Å². The molecule has 0 aliphatic rings. The predicted octanol–water partition coefficient (Wildman–Crippen LogP) is 2.41. The lowest BCUT2D eigenvalue weighted by molar-refractivity contribution is 0.340. The van der Waals surface area contributed by atoms with E-state index in [1.807, 2.05) is 6.92 Å². The number of pyridine rings is 1. The van der Waals surface area contributed by atoms with Crippen LogP contribution in [0.5, 0.6) is 11.5 Å². The first-order valence-corrected chi connectivity index (χ1v) is 9.84. The van der Waals surface area contributed by atoms with Gasteiger partial charge in [-0.15, -0.1) is 0 Å². The summed E-state index contributed by atoms with van der Waals surface area (Å²) in [5.74, 6) is 1.22. The molecule has 0 fully saturated rings. The van der Waals surface area contributed by atoms with Crippen LogP contribution in [0.4, 0.5) is 0 Å². The van der Waals surface area contributed by atoms with E-state index in [1.165, 1.54) is 12.1 Å². The van der Waals surface area contributed by atoms with Crippen LogP contribution in [0, 0.1) is 0 Å². The average molecular weight is 388 g/mol. The number of hydrogen-bond donors (Lipinski definition) is 2. The van der Waals surface area contributed by atoms with Crippen molar-refractivity contribution in [2.24, 2.45) is 0 Å². The van der Waals surface area contributed by atoms with Crippen LogP contribution in [-0.4, -0.2) is 27.1 Å². The van der Waals surface area contributed by atoms with Crippen molar-refractivity contribution in [3.8, 4) is 11.5 Å². The third kappa shape index (κ3) is 4.29. The van der Waals surface area contributed by atoms with Gasteiger partial charge in [-0.25, -0.2) is 13.1 Å². The lowest BCUT2D eigenvalue weighted by atomic mass is 10.1. The monoisotopic (exact) mass is 388 g/mol. The third-order valence-corrected chi connectivity index (χ3v) is 5.44. The SMILES string of the molecule is CCOc1ccc(S(=O)(=O)NCc2cc3ccc(OC)cc3[nH]c2=O)cc1. The highest BCUT2D eigenvalue weighted by Gasteiger charge is 2.15. The first kappa shape index (κ1) is 18.9. The quantitative estimate of drug-likeness (QED) is 0.648. The molecule has 2 N–H and O–H groups in total. The molecular weight excluding hydrogens is 368 g/mol. The Bertz CT molecular complexity index is 1110. The van der Waals surface area contributed by atoms with Gasteiger partial charge in [-0.05, 0) is 54.8 Å². The fourth-order valence-electron chi connectivity index (χ4n) is 2.62. The molecule has 3 aromatic rings. The highest BCUT2D eigenvalue weighted by Crippen LogP contribution is 2.19. The lowest BCUT2D eigenvalue weighted by Gasteiger charge is -2.09. The van der Waals surface area contributed by atoms with E-state index in [4.69, 9.17) is 9.47 Å². The van der Waals surface area contributed by atoms with E-state index in [1.54, 1.807) is 43.5 Å². The molecule has 27 heavy (non-hydrogen) atoms. The molecule has 1 aromatic heterocycles.